The molecule has 0 unspecified atom stereocenters. The Morgan fingerprint density at radius 2 is 1.96 bits per heavy atom. The molecular weight excluding hydrogens is 296 g/mol. The molecule has 0 saturated heterocycles. The molecule has 0 saturated carbocycles. The molecule has 0 aliphatic carbocycles. The van der Waals surface area contributed by atoms with E-state index in [2.05, 4.69) is 60.1 Å². The SMILES string of the molecule is COc1cc(C)c(CN2CCc3c([nH]c4ccccc34)C2)cc1C. The van der Waals surface area contributed by atoms with E-state index in [0.717, 1.165) is 31.8 Å². The van der Waals surface area contributed by atoms with Crippen LogP contribution in [0, 0.1) is 13.8 Å². The molecule has 2 heterocycles. The molecule has 4 rings (SSSR count). The Kier molecular flexibility index (Phi) is 3.81. The highest BCUT2D eigenvalue weighted by Crippen LogP contribution is 2.29. The van der Waals surface area contributed by atoms with Crippen molar-refractivity contribution in [3.05, 3.63) is 64.3 Å². The minimum absolute atomic E-state index is 0.979. The Morgan fingerprint density at radius 3 is 2.79 bits per heavy atom. The van der Waals surface area contributed by atoms with Crippen LogP contribution in [0.5, 0.6) is 5.75 Å². The number of aryl methyl sites for hydroxylation is 2. The maximum Gasteiger partial charge on any atom is 0.122 e. The summed E-state index contributed by atoms with van der Waals surface area (Å²) in [5.74, 6) is 0.979. The van der Waals surface area contributed by atoms with E-state index in [0.29, 0.717) is 0 Å². The van der Waals surface area contributed by atoms with E-state index in [1.165, 1.54) is 38.9 Å². The molecule has 0 radical (unpaired) electrons. The molecule has 0 fully saturated rings. The molecule has 3 heteroatoms. The number of fused-ring (bicyclic) bond motifs is 3. The molecule has 0 amide bonds. The van der Waals surface area contributed by atoms with Crippen molar-refractivity contribution in [2.24, 2.45) is 0 Å². The first-order chi connectivity index (χ1) is 11.7. The smallest absolute Gasteiger partial charge is 0.122 e. The zero-order valence-corrected chi connectivity index (χ0v) is 14.6. The number of hydrogen-bond acceptors (Lipinski definition) is 2. The Hall–Kier alpha value is -2.26. The Balaban J connectivity index is 1.58. The largest absolute Gasteiger partial charge is 0.496 e. The number of nitrogens with zero attached hydrogens (tertiary/aromatic N) is 1. The van der Waals surface area contributed by atoms with Crippen molar-refractivity contribution in [1.29, 1.82) is 0 Å². The van der Waals surface area contributed by atoms with Crippen LogP contribution in [-0.4, -0.2) is 23.5 Å². The predicted molar refractivity (Wildman–Crippen MR) is 98.6 cm³/mol. The summed E-state index contributed by atoms with van der Waals surface area (Å²) in [6, 6.07) is 13.1. The number of benzene rings is 2. The molecular formula is C21H24N2O. The molecule has 1 aromatic heterocycles. The van der Waals surface area contributed by atoms with Crippen LogP contribution in [0.2, 0.25) is 0 Å². The van der Waals surface area contributed by atoms with Gasteiger partial charge in [0.2, 0.25) is 0 Å². The van der Waals surface area contributed by atoms with E-state index in [9.17, 15) is 0 Å². The van der Waals surface area contributed by atoms with Crippen LogP contribution in [0.4, 0.5) is 0 Å². The third-order valence-corrected chi connectivity index (χ3v) is 5.21. The third kappa shape index (κ3) is 2.59. The molecule has 24 heavy (non-hydrogen) atoms. The lowest BCUT2D eigenvalue weighted by Gasteiger charge is -2.28. The zero-order valence-electron chi connectivity index (χ0n) is 14.6. The summed E-state index contributed by atoms with van der Waals surface area (Å²) in [5.41, 5.74) is 8.06. The van der Waals surface area contributed by atoms with Crippen molar-refractivity contribution >= 4 is 10.9 Å². The number of hydrogen-bond donors (Lipinski definition) is 1. The highest BCUT2D eigenvalue weighted by atomic mass is 16.5. The summed E-state index contributed by atoms with van der Waals surface area (Å²) in [7, 11) is 1.74. The first-order valence-electron chi connectivity index (χ1n) is 8.60. The lowest BCUT2D eigenvalue weighted by atomic mass is 10.0. The monoisotopic (exact) mass is 320 g/mol. The van der Waals surface area contributed by atoms with Crippen molar-refractivity contribution in [1.82, 2.24) is 9.88 Å². The predicted octanol–water partition coefficient (Wildman–Crippen LogP) is 4.35. The molecule has 1 aliphatic rings. The fourth-order valence-electron chi connectivity index (χ4n) is 3.86. The maximum atomic E-state index is 5.43. The van der Waals surface area contributed by atoms with Crippen molar-refractivity contribution in [3.63, 3.8) is 0 Å². The highest BCUT2D eigenvalue weighted by Gasteiger charge is 2.21. The summed E-state index contributed by atoms with van der Waals surface area (Å²) in [4.78, 5) is 6.15. The van der Waals surface area contributed by atoms with Crippen LogP contribution in [0.1, 0.15) is 27.9 Å². The summed E-state index contributed by atoms with van der Waals surface area (Å²) < 4.78 is 5.43. The standard InChI is InChI=1S/C21H24N2O/c1-14-11-21(24-3)15(2)10-16(14)12-23-9-8-18-17-6-4-5-7-19(17)22-20(18)13-23/h4-7,10-11,22H,8-9,12-13H2,1-3H3. The second-order valence-corrected chi connectivity index (χ2v) is 6.84. The quantitative estimate of drug-likeness (QED) is 0.777. The van der Waals surface area contributed by atoms with Crippen LogP contribution in [0.3, 0.4) is 0 Å². The fraction of sp³-hybridized carbons (Fsp3) is 0.333. The van der Waals surface area contributed by atoms with Gasteiger partial charge in [0.25, 0.3) is 0 Å². The molecule has 3 nitrogen and oxygen atoms in total. The van der Waals surface area contributed by atoms with Gasteiger partial charge in [0, 0.05) is 36.2 Å². The van der Waals surface area contributed by atoms with Gasteiger partial charge in [-0.15, -0.1) is 0 Å². The van der Waals surface area contributed by atoms with Crippen molar-refractivity contribution in [3.8, 4) is 5.75 Å². The molecule has 124 valence electrons. The number of para-hydroxylation sites is 1. The molecule has 0 atom stereocenters. The van der Waals surface area contributed by atoms with Gasteiger partial charge in [-0.3, -0.25) is 4.90 Å². The minimum Gasteiger partial charge on any atom is -0.496 e. The average Bonchev–Trinajstić information content (AvgIpc) is 2.95. The number of methoxy groups -OCH3 is 1. The average molecular weight is 320 g/mol. The van der Waals surface area contributed by atoms with Gasteiger partial charge in [-0.2, -0.15) is 0 Å². The summed E-state index contributed by atoms with van der Waals surface area (Å²) in [5, 5.41) is 1.39. The van der Waals surface area contributed by atoms with Crippen molar-refractivity contribution < 1.29 is 4.74 Å². The summed E-state index contributed by atoms with van der Waals surface area (Å²) in [6.07, 6.45) is 1.12. The van der Waals surface area contributed by atoms with Gasteiger partial charge in [-0.05, 0) is 54.7 Å². The van der Waals surface area contributed by atoms with E-state index in [1.807, 2.05) is 0 Å². The summed E-state index contributed by atoms with van der Waals surface area (Å²) >= 11 is 0. The van der Waals surface area contributed by atoms with E-state index in [4.69, 9.17) is 4.74 Å². The molecule has 1 aliphatic heterocycles. The molecule has 1 N–H and O–H groups in total. The Labute approximate surface area is 143 Å². The van der Waals surface area contributed by atoms with Gasteiger partial charge in [0.15, 0.2) is 0 Å². The molecule has 3 aromatic rings. The van der Waals surface area contributed by atoms with Crippen LogP contribution in [-0.2, 0) is 19.5 Å². The first kappa shape index (κ1) is 15.3. The lowest BCUT2D eigenvalue weighted by molar-refractivity contribution is 0.243. The normalized spacial score (nSPS) is 14.8. The van der Waals surface area contributed by atoms with Gasteiger partial charge in [-0.25, -0.2) is 0 Å². The minimum atomic E-state index is 0.979. The number of rotatable bonds is 3. The van der Waals surface area contributed by atoms with Gasteiger partial charge in [0.1, 0.15) is 5.75 Å². The number of nitrogens with one attached hydrogen (secondary N) is 1. The summed E-state index contributed by atoms with van der Waals surface area (Å²) in [6.45, 7) is 7.39. The lowest BCUT2D eigenvalue weighted by Crippen LogP contribution is -2.30. The van der Waals surface area contributed by atoms with Crippen molar-refractivity contribution in [2.45, 2.75) is 33.4 Å². The van der Waals surface area contributed by atoms with Crippen molar-refractivity contribution in [2.75, 3.05) is 13.7 Å². The van der Waals surface area contributed by atoms with Gasteiger partial charge < -0.3 is 9.72 Å². The van der Waals surface area contributed by atoms with Gasteiger partial charge >= 0.3 is 0 Å². The van der Waals surface area contributed by atoms with Crippen LogP contribution in [0.15, 0.2) is 36.4 Å². The number of H-pyrrole nitrogens is 1. The third-order valence-electron chi connectivity index (χ3n) is 5.21. The van der Waals surface area contributed by atoms with E-state index in [-0.39, 0.29) is 0 Å². The zero-order chi connectivity index (χ0) is 16.7. The Morgan fingerprint density at radius 1 is 1.12 bits per heavy atom. The fourth-order valence-corrected chi connectivity index (χ4v) is 3.86. The maximum absolute atomic E-state index is 5.43. The van der Waals surface area contributed by atoms with E-state index in [1.54, 1.807) is 7.11 Å². The van der Waals surface area contributed by atoms with Crippen LogP contribution >= 0.6 is 0 Å². The van der Waals surface area contributed by atoms with Gasteiger partial charge in [0.05, 0.1) is 7.11 Å². The highest BCUT2D eigenvalue weighted by molar-refractivity contribution is 5.84. The Bertz CT molecular complexity index is 894. The van der Waals surface area contributed by atoms with Crippen LogP contribution < -0.4 is 4.74 Å². The second kappa shape index (κ2) is 5.99. The van der Waals surface area contributed by atoms with E-state index < -0.39 is 0 Å². The van der Waals surface area contributed by atoms with Gasteiger partial charge in [-0.1, -0.05) is 24.3 Å². The second-order valence-electron chi connectivity index (χ2n) is 6.84. The molecule has 2 aromatic carbocycles. The molecule has 0 spiro atoms. The number of ether oxygens (including phenoxy) is 1. The number of aromatic nitrogens is 1. The number of aromatic amines is 1. The molecule has 0 bridgehead atoms. The first-order valence-corrected chi connectivity index (χ1v) is 8.60. The topological polar surface area (TPSA) is 28.3 Å². The van der Waals surface area contributed by atoms with Crippen LogP contribution in [0.25, 0.3) is 10.9 Å². The van der Waals surface area contributed by atoms with E-state index >= 15 is 0 Å².